The number of nitrogens with zero attached hydrogens (tertiary/aromatic N) is 20. The van der Waals surface area contributed by atoms with Gasteiger partial charge in [-0.2, -0.15) is 10.2 Å². The van der Waals surface area contributed by atoms with Gasteiger partial charge in [-0.25, -0.2) is 49.5 Å². The van der Waals surface area contributed by atoms with E-state index in [1.165, 1.54) is 30.1 Å². The Labute approximate surface area is 393 Å². The largest absolute Gasteiger partial charge is 0.334 e. The average Bonchev–Trinajstić information content (AvgIpc) is 4.17. The van der Waals surface area contributed by atoms with E-state index in [1.54, 1.807) is 79.3 Å². The van der Waals surface area contributed by atoms with E-state index in [0.29, 0.717) is 0 Å². The minimum Gasteiger partial charge on any atom is -0.334 e. The molecule has 0 aliphatic carbocycles. The first-order valence-electron chi connectivity index (χ1n) is 20.9. The molecule has 2 aromatic carbocycles. The van der Waals surface area contributed by atoms with Gasteiger partial charge in [0.1, 0.15) is 35.5 Å². The van der Waals surface area contributed by atoms with E-state index in [1.807, 2.05) is 143 Å². The van der Waals surface area contributed by atoms with Gasteiger partial charge in [-0.1, -0.05) is 35.5 Å². The van der Waals surface area contributed by atoms with Gasteiger partial charge in [0, 0.05) is 77.8 Å². The van der Waals surface area contributed by atoms with Crippen molar-refractivity contribution in [2.24, 2.45) is 28.2 Å². The first-order valence-corrected chi connectivity index (χ1v) is 20.9. The Bertz CT molecular complexity index is 2790. The molecule has 10 heterocycles. The van der Waals surface area contributed by atoms with Crippen LogP contribution < -0.4 is 0 Å². The highest BCUT2D eigenvalue weighted by Crippen LogP contribution is 2.09. The zero-order valence-corrected chi connectivity index (χ0v) is 39.1. The van der Waals surface area contributed by atoms with Crippen LogP contribution in [-0.4, -0.2) is 98.7 Å². The van der Waals surface area contributed by atoms with Gasteiger partial charge < -0.3 is 13.7 Å². The summed E-state index contributed by atoms with van der Waals surface area (Å²) in [6.07, 6.45) is 28.9. The molecule has 0 aliphatic rings. The second-order valence-electron chi connectivity index (χ2n) is 14.4. The van der Waals surface area contributed by atoms with E-state index >= 15 is 0 Å². The fraction of sp³-hybridized carbons (Fsp3) is 0.167. The summed E-state index contributed by atoms with van der Waals surface area (Å²) >= 11 is 0. The first kappa shape index (κ1) is 49.8. The Morgan fingerprint density at radius 3 is 1.37 bits per heavy atom. The number of pyridine rings is 1. The molecule has 68 heavy (non-hydrogen) atoms. The molecule has 0 saturated carbocycles. The lowest BCUT2D eigenvalue weighted by molar-refractivity contribution is 0.736. The van der Waals surface area contributed by atoms with Crippen LogP contribution in [0, 0.1) is 27.7 Å². The lowest BCUT2D eigenvalue weighted by atomic mass is 10.3. The molecule has 0 bridgehead atoms. The van der Waals surface area contributed by atoms with Crippen molar-refractivity contribution >= 4 is 44.4 Å². The van der Waals surface area contributed by atoms with Crippen LogP contribution in [0.2, 0.25) is 0 Å². The van der Waals surface area contributed by atoms with Gasteiger partial charge in [0.2, 0.25) is 0 Å². The molecule has 10 aromatic heterocycles. The molecule has 12 rings (SSSR count). The standard InChI is InChI=1S/C8H8N2.C7H7N3.2C6H6N4.C6H7N.3C5H6N2/c1-10-6-9-7-4-2-3-5-8(7)10;1-10-7-5-3-2-4-6(7)8-9-10;2*1-10-4-9-6-5(10)2-7-3-8-6;1-6-3-2-4-7-5-6;1-5-2-6-4-7-3-5;1-5-4-6-2-3-7-5;1-5-2-3-6-7-4-5/h2-6H,1H3;2-5H,1H3;2*2-4H,1H3;2-5H,1H3;3*2-4H,1H3. The summed E-state index contributed by atoms with van der Waals surface area (Å²) in [6, 6.07) is 21.8. The normalized spacial score (nSPS) is 9.76. The van der Waals surface area contributed by atoms with E-state index in [2.05, 4.69) is 86.4 Å². The Hall–Kier alpha value is -9.20. The predicted molar refractivity (Wildman–Crippen MR) is 261 cm³/mol. The van der Waals surface area contributed by atoms with Crippen molar-refractivity contribution in [3.05, 3.63) is 195 Å². The highest BCUT2D eigenvalue weighted by molar-refractivity contribution is 5.75. The van der Waals surface area contributed by atoms with Gasteiger partial charge >= 0.3 is 0 Å². The molecule has 0 atom stereocenters. The molecular formula is C48H52N20. The molecule has 20 heteroatoms. The number of rotatable bonds is 0. The number of aromatic nitrogens is 20. The Morgan fingerprint density at radius 2 is 0.926 bits per heavy atom. The van der Waals surface area contributed by atoms with Crippen LogP contribution >= 0.6 is 0 Å². The van der Waals surface area contributed by atoms with Crippen LogP contribution in [0.1, 0.15) is 22.4 Å². The summed E-state index contributed by atoms with van der Waals surface area (Å²) in [4.78, 5) is 47.1. The molecule has 0 spiro atoms. The fourth-order valence-corrected chi connectivity index (χ4v) is 5.36. The lowest BCUT2D eigenvalue weighted by Crippen LogP contribution is -1.88. The summed E-state index contributed by atoms with van der Waals surface area (Å²) in [5, 5.41) is 15.0. The third-order valence-electron chi connectivity index (χ3n) is 8.88. The zero-order valence-electron chi connectivity index (χ0n) is 39.1. The van der Waals surface area contributed by atoms with Crippen molar-refractivity contribution in [2.75, 3.05) is 0 Å². The maximum absolute atomic E-state index is 4.18. The maximum atomic E-state index is 4.18. The quantitative estimate of drug-likeness (QED) is 0.149. The topological polar surface area (TPSA) is 226 Å². The summed E-state index contributed by atoms with van der Waals surface area (Å²) in [5.74, 6) is 0. The van der Waals surface area contributed by atoms with Crippen LogP contribution in [0.4, 0.5) is 0 Å². The second-order valence-corrected chi connectivity index (χ2v) is 14.4. The van der Waals surface area contributed by atoms with Crippen molar-refractivity contribution in [2.45, 2.75) is 27.7 Å². The fourth-order valence-electron chi connectivity index (χ4n) is 5.36. The summed E-state index contributed by atoms with van der Waals surface area (Å²) < 4.78 is 7.54. The Morgan fingerprint density at radius 1 is 0.368 bits per heavy atom. The second kappa shape index (κ2) is 27.2. The van der Waals surface area contributed by atoms with Gasteiger partial charge in [0.25, 0.3) is 0 Å². The number of hydrogen-bond acceptors (Lipinski definition) is 16. The molecule has 0 amide bonds. The van der Waals surface area contributed by atoms with Crippen LogP contribution in [-0.2, 0) is 28.2 Å². The minimum atomic E-state index is 0.748. The van der Waals surface area contributed by atoms with Crippen molar-refractivity contribution in [1.29, 1.82) is 0 Å². The number of benzene rings is 2. The van der Waals surface area contributed by atoms with E-state index in [-0.39, 0.29) is 0 Å². The first-order chi connectivity index (χ1) is 33.1. The molecule has 344 valence electrons. The molecule has 0 unspecified atom stereocenters. The Balaban J connectivity index is 0.000000146. The minimum absolute atomic E-state index is 0.748. The molecular weight excluding hydrogens is 857 g/mol. The van der Waals surface area contributed by atoms with E-state index < -0.39 is 0 Å². The third kappa shape index (κ3) is 16.7. The van der Waals surface area contributed by atoms with Crippen molar-refractivity contribution in [3.8, 4) is 0 Å². The molecule has 0 radical (unpaired) electrons. The van der Waals surface area contributed by atoms with Crippen molar-refractivity contribution < 1.29 is 0 Å². The third-order valence-corrected chi connectivity index (χ3v) is 8.88. The summed E-state index contributed by atoms with van der Waals surface area (Å²) in [5.41, 5.74) is 12.1. The smallest absolute Gasteiger partial charge is 0.180 e. The van der Waals surface area contributed by atoms with E-state index in [4.69, 9.17) is 0 Å². The van der Waals surface area contributed by atoms with Gasteiger partial charge in [0.15, 0.2) is 11.3 Å². The molecule has 0 fully saturated rings. The number of imidazole rings is 3. The van der Waals surface area contributed by atoms with Gasteiger partial charge in [-0.15, -0.1) is 5.10 Å². The summed E-state index contributed by atoms with van der Waals surface area (Å²) in [7, 11) is 7.71. The van der Waals surface area contributed by atoms with Crippen LogP contribution in [0.5, 0.6) is 0 Å². The number of para-hydroxylation sites is 3. The van der Waals surface area contributed by atoms with Crippen LogP contribution in [0.3, 0.4) is 0 Å². The number of fused-ring (bicyclic) bond motifs is 4. The SMILES string of the molecule is Cc1cccnc1.Cc1ccnnc1.Cc1cnccn1.Cc1cncnc1.Cn1cnc2ccccc21.Cn1cnc2ncncc21.Cn1cnc2ncncc21.Cn1nnc2ccccc21. The number of hydrogen-bond donors (Lipinski definition) is 0. The highest BCUT2D eigenvalue weighted by Gasteiger charge is 1.99. The average molecular weight is 909 g/mol. The molecule has 12 aromatic rings. The molecule has 0 N–H and O–H groups in total. The highest BCUT2D eigenvalue weighted by atomic mass is 15.4. The maximum Gasteiger partial charge on any atom is 0.180 e. The number of aryl methyl sites for hydroxylation is 8. The molecule has 0 aliphatic heterocycles. The van der Waals surface area contributed by atoms with Crippen molar-refractivity contribution in [1.82, 2.24) is 98.7 Å². The van der Waals surface area contributed by atoms with E-state index in [9.17, 15) is 0 Å². The summed E-state index contributed by atoms with van der Waals surface area (Å²) in [6.45, 7) is 7.87. The van der Waals surface area contributed by atoms with Crippen LogP contribution in [0.25, 0.3) is 44.4 Å². The predicted octanol–water partition coefficient (Wildman–Crippen LogP) is 7.01. The van der Waals surface area contributed by atoms with Gasteiger partial charge in [-0.3, -0.25) is 15.0 Å². The van der Waals surface area contributed by atoms with Crippen molar-refractivity contribution in [3.63, 3.8) is 0 Å². The zero-order chi connectivity index (χ0) is 48.4. The monoisotopic (exact) mass is 908 g/mol. The van der Waals surface area contributed by atoms with Gasteiger partial charge in [-0.05, 0) is 80.8 Å². The molecule has 20 nitrogen and oxygen atoms in total. The van der Waals surface area contributed by atoms with Crippen LogP contribution in [0.15, 0.2) is 173 Å². The lowest BCUT2D eigenvalue weighted by Gasteiger charge is -1.90. The van der Waals surface area contributed by atoms with Gasteiger partial charge in [0.05, 0.1) is 59.8 Å². The molecule has 0 saturated heterocycles. The Kier molecular flexibility index (Phi) is 19.9. The van der Waals surface area contributed by atoms with E-state index in [0.717, 1.165) is 55.7 Å².